The molecule has 0 heterocycles. The van der Waals surface area contributed by atoms with E-state index < -0.39 is 35.6 Å². The summed E-state index contributed by atoms with van der Waals surface area (Å²) in [6, 6.07) is 13.6. The summed E-state index contributed by atoms with van der Waals surface area (Å²) in [5, 5.41) is 24.5. The van der Waals surface area contributed by atoms with Gasteiger partial charge in [0.25, 0.3) is 0 Å². The lowest BCUT2D eigenvalue weighted by atomic mass is 9.78. The van der Waals surface area contributed by atoms with Gasteiger partial charge in [0.15, 0.2) is 0 Å². The van der Waals surface area contributed by atoms with Gasteiger partial charge in [0, 0.05) is 11.4 Å². The third kappa shape index (κ3) is 6.67. The number of benzene rings is 2. The molecule has 0 saturated heterocycles. The molecule has 0 bridgehead atoms. The third-order valence-corrected chi connectivity index (χ3v) is 7.32. The Morgan fingerprint density at radius 3 is 1.22 bits per heavy atom. The quantitative estimate of drug-likeness (QED) is 0.387. The average Bonchev–Trinajstić information content (AvgIpc) is 2.90. The number of aliphatic carboxylic acids is 2. The molecule has 9 nitrogen and oxygen atoms in total. The normalized spacial score (nSPS) is 23.5. The number of carbonyl (C=O) groups is 4. The second-order valence-corrected chi connectivity index (χ2v) is 9.80. The first kappa shape index (κ1) is 26.2. The highest BCUT2D eigenvalue weighted by Crippen LogP contribution is 2.33. The lowest BCUT2D eigenvalue weighted by Gasteiger charge is -2.27. The summed E-state index contributed by atoms with van der Waals surface area (Å²) in [5.41, 5.74) is 1.13. The summed E-state index contributed by atoms with van der Waals surface area (Å²) < 4.78 is 5.85. The molecule has 2 aromatic rings. The summed E-state index contributed by atoms with van der Waals surface area (Å²) in [5.74, 6) is -3.67. The van der Waals surface area contributed by atoms with Crippen molar-refractivity contribution in [1.29, 1.82) is 0 Å². The van der Waals surface area contributed by atoms with Crippen molar-refractivity contribution in [3.05, 3.63) is 48.5 Å². The van der Waals surface area contributed by atoms with E-state index in [-0.39, 0.29) is 11.8 Å². The molecule has 4 atom stereocenters. The van der Waals surface area contributed by atoms with Gasteiger partial charge in [0.1, 0.15) is 11.5 Å². The Balaban J connectivity index is 1.31. The molecular weight excluding hydrogens is 476 g/mol. The minimum Gasteiger partial charge on any atom is -0.481 e. The van der Waals surface area contributed by atoms with Crippen LogP contribution in [0.1, 0.15) is 51.4 Å². The molecule has 2 amide bonds. The molecule has 0 aliphatic heterocycles. The SMILES string of the molecule is O=C(O)[C@H]1CCCC[C@@H]1C(=O)Nc1ccc(Oc2ccc(NC(=O)[C@H]3CCCC[C@H]3C(=O)O)cc2)cc1. The maximum Gasteiger partial charge on any atom is 0.307 e. The Morgan fingerprint density at radius 2 is 0.892 bits per heavy atom. The van der Waals surface area contributed by atoms with E-state index >= 15 is 0 Å². The van der Waals surface area contributed by atoms with Gasteiger partial charge in [0.2, 0.25) is 11.8 Å². The number of amides is 2. The minimum absolute atomic E-state index is 0.277. The molecule has 196 valence electrons. The smallest absolute Gasteiger partial charge is 0.307 e. The number of rotatable bonds is 8. The lowest BCUT2D eigenvalue weighted by molar-refractivity contribution is -0.148. The average molecular weight is 509 g/mol. The van der Waals surface area contributed by atoms with E-state index in [0.717, 1.165) is 25.7 Å². The van der Waals surface area contributed by atoms with Crippen molar-refractivity contribution < 1.29 is 34.1 Å². The predicted molar refractivity (Wildman–Crippen MR) is 136 cm³/mol. The van der Waals surface area contributed by atoms with Crippen LogP contribution in [0.5, 0.6) is 11.5 Å². The summed E-state index contributed by atoms with van der Waals surface area (Å²) >= 11 is 0. The fourth-order valence-electron chi connectivity index (χ4n) is 5.30. The van der Waals surface area contributed by atoms with Crippen molar-refractivity contribution in [2.45, 2.75) is 51.4 Å². The van der Waals surface area contributed by atoms with Gasteiger partial charge >= 0.3 is 11.9 Å². The van der Waals surface area contributed by atoms with Crippen molar-refractivity contribution in [2.75, 3.05) is 10.6 Å². The highest BCUT2D eigenvalue weighted by molar-refractivity contribution is 5.96. The van der Waals surface area contributed by atoms with Crippen LogP contribution in [0, 0.1) is 23.7 Å². The first-order valence-electron chi connectivity index (χ1n) is 12.8. The first-order chi connectivity index (χ1) is 17.8. The van der Waals surface area contributed by atoms with E-state index in [4.69, 9.17) is 4.74 Å². The van der Waals surface area contributed by atoms with Gasteiger partial charge in [-0.25, -0.2) is 0 Å². The van der Waals surface area contributed by atoms with Crippen LogP contribution in [0.15, 0.2) is 48.5 Å². The van der Waals surface area contributed by atoms with Crippen LogP contribution in [-0.2, 0) is 19.2 Å². The van der Waals surface area contributed by atoms with E-state index in [1.165, 1.54) is 0 Å². The second-order valence-electron chi connectivity index (χ2n) is 9.80. The van der Waals surface area contributed by atoms with E-state index in [0.29, 0.717) is 48.6 Å². The van der Waals surface area contributed by atoms with Crippen LogP contribution in [0.4, 0.5) is 11.4 Å². The first-order valence-corrected chi connectivity index (χ1v) is 12.8. The highest BCUT2D eigenvalue weighted by atomic mass is 16.5. The number of hydrogen-bond acceptors (Lipinski definition) is 5. The molecule has 4 rings (SSSR count). The van der Waals surface area contributed by atoms with Gasteiger partial charge in [-0.1, -0.05) is 25.7 Å². The summed E-state index contributed by atoms with van der Waals surface area (Å²) in [4.78, 5) is 48.3. The fraction of sp³-hybridized carbons (Fsp3) is 0.429. The molecular formula is C28H32N2O7. The van der Waals surface area contributed by atoms with E-state index in [1.807, 2.05) is 0 Å². The maximum absolute atomic E-state index is 12.7. The molecule has 2 aliphatic carbocycles. The topological polar surface area (TPSA) is 142 Å². The number of carboxylic acids is 2. The number of ether oxygens (including phenoxy) is 1. The molecule has 2 fully saturated rings. The largest absolute Gasteiger partial charge is 0.481 e. The van der Waals surface area contributed by atoms with Crippen LogP contribution in [-0.4, -0.2) is 34.0 Å². The van der Waals surface area contributed by atoms with Crippen LogP contribution < -0.4 is 15.4 Å². The summed E-state index contributed by atoms with van der Waals surface area (Å²) in [6.07, 6.45) is 5.53. The van der Waals surface area contributed by atoms with Gasteiger partial charge < -0.3 is 25.6 Å². The van der Waals surface area contributed by atoms with E-state index in [9.17, 15) is 29.4 Å². The second kappa shape index (κ2) is 11.9. The molecule has 0 unspecified atom stereocenters. The summed E-state index contributed by atoms with van der Waals surface area (Å²) in [6.45, 7) is 0. The third-order valence-electron chi connectivity index (χ3n) is 7.32. The number of nitrogens with one attached hydrogen (secondary N) is 2. The molecule has 2 aromatic carbocycles. The van der Waals surface area contributed by atoms with Gasteiger partial charge in [-0.15, -0.1) is 0 Å². The molecule has 2 aliphatic rings. The van der Waals surface area contributed by atoms with Gasteiger partial charge in [-0.2, -0.15) is 0 Å². The minimum atomic E-state index is -0.923. The zero-order valence-electron chi connectivity index (χ0n) is 20.5. The molecule has 2 saturated carbocycles. The Hall–Kier alpha value is -3.88. The number of carboxylic acid groups (broad SMARTS) is 2. The maximum atomic E-state index is 12.7. The predicted octanol–water partition coefficient (Wildman–Crippen LogP) is 5.14. The standard InChI is InChI=1S/C28H32N2O7/c31-25(21-5-1-3-7-23(21)27(33)34)29-17-9-13-19(14-10-17)37-20-15-11-18(12-16-20)30-26(32)22-6-2-4-8-24(22)28(35)36/h9-16,21-24H,1-8H2,(H,29,31)(H,30,32)(H,33,34)(H,35,36)/t21-,22-,23-,24+/m0/s1. The van der Waals surface area contributed by atoms with E-state index in [1.54, 1.807) is 48.5 Å². The zero-order valence-corrected chi connectivity index (χ0v) is 20.5. The molecule has 4 N–H and O–H groups in total. The summed E-state index contributed by atoms with van der Waals surface area (Å²) in [7, 11) is 0. The van der Waals surface area contributed by atoms with E-state index in [2.05, 4.69) is 10.6 Å². The number of carbonyl (C=O) groups excluding carboxylic acids is 2. The van der Waals surface area contributed by atoms with Gasteiger partial charge in [-0.05, 0) is 74.2 Å². The highest BCUT2D eigenvalue weighted by Gasteiger charge is 2.36. The molecule has 0 radical (unpaired) electrons. The van der Waals surface area contributed by atoms with Crippen molar-refractivity contribution >= 4 is 35.1 Å². The number of hydrogen-bond donors (Lipinski definition) is 4. The Morgan fingerprint density at radius 1 is 0.568 bits per heavy atom. The van der Waals surface area contributed by atoms with Crippen LogP contribution in [0.2, 0.25) is 0 Å². The lowest BCUT2D eigenvalue weighted by Crippen LogP contribution is -2.36. The van der Waals surface area contributed by atoms with Gasteiger partial charge in [0.05, 0.1) is 23.7 Å². The van der Waals surface area contributed by atoms with Crippen LogP contribution in [0.3, 0.4) is 0 Å². The zero-order chi connectivity index (χ0) is 26.4. The van der Waals surface area contributed by atoms with Crippen molar-refractivity contribution in [2.24, 2.45) is 23.7 Å². The molecule has 37 heavy (non-hydrogen) atoms. The Labute approximate surface area is 215 Å². The Kier molecular flexibility index (Phi) is 8.43. The fourth-order valence-corrected chi connectivity index (χ4v) is 5.30. The van der Waals surface area contributed by atoms with Crippen molar-refractivity contribution in [3.63, 3.8) is 0 Å². The van der Waals surface area contributed by atoms with Crippen molar-refractivity contribution in [3.8, 4) is 11.5 Å². The van der Waals surface area contributed by atoms with Crippen LogP contribution >= 0.6 is 0 Å². The number of anilines is 2. The molecule has 0 aromatic heterocycles. The van der Waals surface area contributed by atoms with Crippen molar-refractivity contribution in [1.82, 2.24) is 0 Å². The van der Waals surface area contributed by atoms with Crippen LogP contribution in [0.25, 0.3) is 0 Å². The molecule has 0 spiro atoms. The monoisotopic (exact) mass is 508 g/mol. The Bertz CT molecular complexity index is 1040. The van der Waals surface area contributed by atoms with Gasteiger partial charge in [-0.3, -0.25) is 19.2 Å². The molecule has 9 heteroatoms.